The van der Waals surface area contributed by atoms with Gasteiger partial charge in [-0.15, -0.1) is 0 Å². The standard InChI is InChI=1S/C11H11Br2O3P/c1-5-6(2)11-8(7(3)10(5)13)4-9(12)17(14,15)16-11/h4H,1-3H3,(H,14,15). The predicted molar refractivity (Wildman–Crippen MR) is 75.7 cm³/mol. The molecule has 92 valence electrons. The molecule has 0 fully saturated rings. The Kier molecular flexibility index (Phi) is 3.32. The predicted octanol–water partition coefficient (Wildman–Crippen LogP) is 4.65. The van der Waals surface area contributed by atoms with Crippen LogP contribution >= 0.6 is 39.5 Å². The number of fused-ring (bicyclic) bond motifs is 1. The molecule has 0 aromatic heterocycles. The third-order valence-electron chi connectivity index (χ3n) is 2.96. The average molecular weight is 382 g/mol. The first-order chi connectivity index (χ1) is 7.75. The highest BCUT2D eigenvalue weighted by molar-refractivity contribution is 9.13. The molecule has 1 N–H and O–H groups in total. The van der Waals surface area contributed by atoms with Gasteiger partial charge in [0, 0.05) is 10.0 Å². The first kappa shape index (κ1) is 13.3. The summed E-state index contributed by atoms with van der Waals surface area (Å²) in [5.74, 6) is 0.497. The van der Waals surface area contributed by atoms with Crippen molar-refractivity contribution in [1.29, 1.82) is 0 Å². The van der Waals surface area contributed by atoms with Crippen LogP contribution in [0.1, 0.15) is 22.3 Å². The topological polar surface area (TPSA) is 46.5 Å². The first-order valence-corrected chi connectivity index (χ1v) is 8.11. The maximum Gasteiger partial charge on any atom is 0.415 e. The summed E-state index contributed by atoms with van der Waals surface area (Å²) in [5.41, 5.74) is 3.74. The van der Waals surface area contributed by atoms with E-state index in [0.29, 0.717) is 5.75 Å². The summed E-state index contributed by atoms with van der Waals surface area (Å²) in [6.07, 6.45) is 1.66. The molecule has 0 amide bonds. The minimum absolute atomic E-state index is 0.191. The molecule has 1 atom stereocenters. The van der Waals surface area contributed by atoms with Gasteiger partial charge in [-0.1, -0.05) is 15.9 Å². The number of halogens is 2. The highest BCUT2D eigenvalue weighted by Crippen LogP contribution is 2.60. The van der Waals surface area contributed by atoms with Crippen LogP contribution in [0.2, 0.25) is 0 Å². The molecule has 3 nitrogen and oxygen atoms in total. The molecular formula is C11H11Br2O3P. The summed E-state index contributed by atoms with van der Waals surface area (Å²) in [7, 11) is -3.73. The van der Waals surface area contributed by atoms with Crippen molar-refractivity contribution in [3.8, 4) is 5.75 Å². The van der Waals surface area contributed by atoms with E-state index >= 15 is 0 Å². The maximum absolute atomic E-state index is 11.8. The fraction of sp³-hybridized carbons (Fsp3) is 0.273. The fourth-order valence-electron chi connectivity index (χ4n) is 1.77. The summed E-state index contributed by atoms with van der Waals surface area (Å²) in [6, 6.07) is 0. The van der Waals surface area contributed by atoms with Crippen molar-refractivity contribution in [2.75, 3.05) is 0 Å². The van der Waals surface area contributed by atoms with Gasteiger partial charge in [0.15, 0.2) is 0 Å². The molecule has 0 aliphatic carbocycles. The van der Waals surface area contributed by atoms with Crippen molar-refractivity contribution in [1.82, 2.24) is 0 Å². The summed E-state index contributed by atoms with van der Waals surface area (Å²) in [6.45, 7) is 5.78. The molecule has 0 radical (unpaired) electrons. The van der Waals surface area contributed by atoms with Crippen LogP contribution in [0.3, 0.4) is 0 Å². The molecule has 1 aromatic rings. The first-order valence-electron chi connectivity index (χ1n) is 4.95. The Hall–Kier alpha value is -0.0900. The molecule has 0 saturated heterocycles. The molecule has 0 bridgehead atoms. The minimum Gasteiger partial charge on any atom is -0.420 e. The highest BCUT2D eigenvalue weighted by Gasteiger charge is 2.33. The number of rotatable bonds is 0. The van der Waals surface area contributed by atoms with Gasteiger partial charge in [-0.05, 0) is 59.5 Å². The SMILES string of the molecule is Cc1c(C)c2c(c(C)c1Br)C=C(Br)P(=O)(O)O2. The third kappa shape index (κ3) is 2.03. The Labute approximate surface area is 117 Å². The maximum atomic E-state index is 11.8. The van der Waals surface area contributed by atoms with Crippen LogP contribution in [0.15, 0.2) is 8.70 Å². The van der Waals surface area contributed by atoms with Crippen LogP contribution in [0.25, 0.3) is 6.08 Å². The van der Waals surface area contributed by atoms with E-state index in [9.17, 15) is 9.46 Å². The average Bonchev–Trinajstić information content (AvgIpc) is 2.26. The molecule has 2 rings (SSSR count). The van der Waals surface area contributed by atoms with Crippen molar-refractivity contribution in [2.24, 2.45) is 0 Å². The lowest BCUT2D eigenvalue weighted by molar-refractivity contribution is 0.388. The van der Waals surface area contributed by atoms with Gasteiger partial charge < -0.3 is 9.42 Å². The van der Waals surface area contributed by atoms with Gasteiger partial charge in [-0.3, -0.25) is 0 Å². The Balaban J connectivity index is 2.83. The van der Waals surface area contributed by atoms with Crippen LogP contribution in [0, 0.1) is 20.8 Å². The van der Waals surface area contributed by atoms with E-state index < -0.39 is 7.60 Å². The van der Waals surface area contributed by atoms with Crippen molar-refractivity contribution in [3.05, 3.63) is 30.9 Å². The van der Waals surface area contributed by atoms with Crippen LogP contribution < -0.4 is 4.52 Å². The lowest BCUT2D eigenvalue weighted by atomic mass is 9.99. The van der Waals surface area contributed by atoms with Crippen LogP contribution in [0.5, 0.6) is 5.75 Å². The van der Waals surface area contributed by atoms with Crippen LogP contribution in [-0.2, 0) is 4.57 Å². The summed E-state index contributed by atoms with van der Waals surface area (Å²) < 4.78 is 18.2. The van der Waals surface area contributed by atoms with Gasteiger partial charge in [0.25, 0.3) is 0 Å². The van der Waals surface area contributed by atoms with Gasteiger partial charge in [-0.2, -0.15) is 0 Å². The second-order valence-corrected chi connectivity index (χ2v) is 7.98. The number of hydrogen-bond donors (Lipinski definition) is 1. The van der Waals surface area contributed by atoms with Gasteiger partial charge in [0.2, 0.25) is 0 Å². The highest BCUT2D eigenvalue weighted by atomic mass is 79.9. The molecule has 1 aliphatic rings. The second kappa shape index (κ2) is 4.23. The summed E-state index contributed by atoms with van der Waals surface area (Å²) in [4.78, 5) is 9.67. The van der Waals surface area contributed by atoms with Crippen molar-refractivity contribution < 1.29 is 14.0 Å². The molecule has 1 aromatic carbocycles. The smallest absolute Gasteiger partial charge is 0.415 e. The monoisotopic (exact) mass is 380 g/mol. The van der Waals surface area contributed by atoms with Crippen molar-refractivity contribution in [2.45, 2.75) is 20.8 Å². The van der Waals surface area contributed by atoms with E-state index in [1.165, 1.54) is 0 Å². The Morgan fingerprint density at radius 3 is 2.35 bits per heavy atom. The zero-order valence-corrected chi connectivity index (χ0v) is 13.6. The van der Waals surface area contributed by atoms with Crippen molar-refractivity contribution >= 4 is 45.5 Å². The lowest BCUT2D eigenvalue weighted by Gasteiger charge is -2.24. The van der Waals surface area contributed by atoms with Gasteiger partial charge >= 0.3 is 7.60 Å². The molecule has 1 heterocycles. The number of benzene rings is 1. The molecule has 1 unspecified atom stereocenters. The summed E-state index contributed by atoms with van der Waals surface area (Å²) >= 11 is 6.61. The Morgan fingerprint density at radius 2 is 1.76 bits per heavy atom. The zero-order chi connectivity index (χ0) is 13.0. The van der Waals surface area contributed by atoms with Crippen LogP contribution in [-0.4, -0.2) is 4.89 Å². The molecule has 0 spiro atoms. The van der Waals surface area contributed by atoms with Gasteiger partial charge in [-0.25, -0.2) is 4.57 Å². The fourth-order valence-corrected chi connectivity index (χ4v) is 3.59. The minimum atomic E-state index is -3.73. The van der Waals surface area contributed by atoms with E-state index in [4.69, 9.17) is 4.52 Å². The van der Waals surface area contributed by atoms with Crippen molar-refractivity contribution in [3.63, 3.8) is 0 Å². The molecular weight excluding hydrogens is 371 g/mol. The molecule has 0 saturated carbocycles. The molecule has 17 heavy (non-hydrogen) atoms. The third-order valence-corrected chi connectivity index (χ3v) is 6.82. The second-order valence-electron chi connectivity index (χ2n) is 4.01. The quantitative estimate of drug-likeness (QED) is 0.665. The van der Waals surface area contributed by atoms with Crippen LogP contribution in [0.4, 0.5) is 0 Å². The number of hydrogen-bond acceptors (Lipinski definition) is 2. The van der Waals surface area contributed by atoms with E-state index in [1.807, 2.05) is 20.8 Å². The van der Waals surface area contributed by atoms with E-state index in [2.05, 4.69) is 31.9 Å². The zero-order valence-electron chi connectivity index (χ0n) is 9.54. The summed E-state index contributed by atoms with van der Waals surface area (Å²) in [5, 5.41) is 0. The molecule has 1 aliphatic heterocycles. The van der Waals surface area contributed by atoms with Gasteiger partial charge in [0.1, 0.15) is 9.97 Å². The Bertz CT molecular complexity index is 593. The van der Waals surface area contributed by atoms with E-state index in [1.54, 1.807) is 6.08 Å². The lowest BCUT2D eigenvalue weighted by Crippen LogP contribution is -2.05. The molecule has 6 heteroatoms. The normalized spacial score (nSPS) is 22.8. The van der Waals surface area contributed by atoms with Gasteiger partial charge in [0.05, 0.1) is 0 Å². The van der Waals surface area contributed by atoms with E-state index in [-0.39, 0.29) is 4.22 Å². The largest absolute Gasteiger partial charge is 0.420 e. The Morgan fingerprint density at radius 1 is 1.18 bits per heavy atom. The van der Waals surface area contributed by atoms with E-state index in [0.717, 1.165) is 26.7 Å².